The van der Waals surface area contributed by atoms with E-state index in [9.17, 15) is 14.0 Å². The Morgan fingerprint density at radius 2 is 2.28 bits per heavy atom. The number of rotatable bonds is 2. The number of anilines is 2. The standard InChI is InChI=1S/C12H13FN2O3/c1-18-12(17)7-5-10(16)15(6-7)9-4-2-3-8(13)11(9)14/h2-4,7H,5-6,14H2,1H3. The van der Waals surface area contributed by atoms with Gasteiger partial charge in [-0.05, 0) is 12.1 Å². The van der Waals surface area contributed by atoms with E-state index in [-0.39, 0.29) is 24.6 Å². The van der Waals surface area contributed by atoms with Gasteiger partial charge in [-0.25, -0.2) is 4.39 Å². The Labute approximate surface area is 103 Å². The van der Waals surface area contributed by atoms with Crippen LogP contribution in [-0.4, -0.2) is 25.5 Å². The van der Waals surface area contributed by atoms with Crippen LogP contribution in [0.25, 0.3) is 0 Å². The van der Waals surface area contributed by atoms with E-state index in [0.29, 0.717) is 5.69 Å². The highest BCUT2D eigenvalue weighted by Crippen LogP contribution is 2.31. The van der Waals surface area contributed by atoms with Gasteiger partial charge in [-0.15, -0.1) is 0 Å². The zero-order chi connectivity index (χ0) is 13.3. The summed E-state index contributed by atoms with van der Waals surface area (Å²) in [5, 5.41) is 0. The molecule has 2 rings (SSSR count). The molecule has 1 aromatic carbocycles. The molecule has 0 spiro atoms. The van der Waals surface area contributed by atoms with E-state index in [2.05, 4.69) is 4.74 Å². The van der Waals surface area contributed by atoms with Crippen molar-refractivity contribution in [3.63, 3.8) is 0 Å². The van der Waals surface area contributed by atoms with Crippen molar-refractivity contribution in [2.75, 3.05) is 24.3 Å². The summed E-state index contributed by atoms with van der Waals surface area (Å²) < 4.78 is 17.9. The van der Waals surface area contributed by atoms with E-state index in [1.807, 2.05) is 0 Å². The predicted molar refractivity (Wildman–Crippen MR) is 63.3 cm³/mol. The number of hydrogen-bond acceptors (Lipinski definition) is 4. The largest absolute Gasteiger partial charge is 0.469 e. The minimum Gasteiger partial charge on any atom is -0.469 e. The fourth-order valence-corrected chi connectivity index (χ4v) is 2.03. The molecular formula is C12H13FN2O3. The molecule has 1 aromatic rings. The summed E-state index contributed by atoms with van der Waals surface area (Å²) >= 11 is 0. The topological polar surface area (TPSA) is 72.6 Å². The van der Waals surface area contributed by atoms with Gasteiger partial charge in [0.25, 0.3) is 0 Å². The minimum atomic E-state index is -0.582. The van der Waals surface area contributed by atoms with Crippen LogP contribution in [0.2, 0.25) is 0 Å². The Morgan fingerprint density at radius 3 is 2.94 bits per heavy atom. The van der Waals surface area contributed by atoms with Gasteiger partial charge >= 0.3 is 5.97 Å². The number of amides is 1. The van der Waals surface area contributed by atoms with Crippen LogP contribution in [0.1, 0.15) is 6.42 Å². The number of nitrogen functional groups attached to an aromatic ring is 1. The quantitative estimate of drug-likeness (QED) is 0.628. The number of nitrogens with two attached hydrogens (primary N) is 1. The molecule has 5 nitrogen and oxygen atoms in total. The first-order valence-electron chi connectivity index (χ1n) is 5.46. The van der Waals surface area contributed by atoms with Gasteiger partial charge in [0.2, 0.25) is 5.91 Å². The molecule has 0 radical (unpaired) electrons. The molecule has 1 fully saturated rings. The average molecular weight is 252 g/mol. The van der Waals surface area contributed by atoms with Crippen LogP contribution in [0.5, 0.6) is 0 Å². The highest BCUT2D eigenvalue weighted by molar-refractivity contribution is 6.01. The van der Waals surface area contributed by atoms with Gasteiger partial charge in [0.15, 0.2) is 0 Å². The number of ether oxygens (including phenoxy) is 1. The van der Waals surface area contributed by atoms with Crippen LogP contribution in [0.15, 0.2) is 18.2 Å². The lowest BCUT2D eigenvalue weighted by Crippen LogP contribution is -2.27. The normalized spacial score (nSPS) is 19.1. The molecule has 0 bridgehead atoms. The lowest BCUT2D eigenvalue weighted by atomic mass is 10.1. The van der Waals surface area contributed by atoms with E-state index >= 15 is 0 Å². The summed E-state index contributed by atoms with van der Waals surface area (Å²) in [6, 6.07) is 4.24. The first-order valence-corrected chi connectivity index (χ1v) is 5.46. The maximum Gasteiger partial charge on any atom is 0.311 e. The van der Waals surface area contributed by atoms with Crippen molar-refractivity contribution in [1.82, 2.24) is 0 Å². The van der Waals surface area contributed by atoms with Gasteiger partial charge < -0.3 is 15.4 Å². The third kappa shape index (κ3) is 2.01. The van der Waals surface area contributed by atoms with Gasteiger partial charge in [0.1, 0.15) is 5.82 Å². The fraction of sp³-hybridized carbons (Fsp3) is 0.333. The Morgan fingerprint density at radius 1 is 1.56 bits per heavy atom. The highest BCUT2D eigenvalue weighted by Gasteiger charge is 2.36. The molecule has 0 aromatic heterocycles. The smallest absolute Gasteiger partial charge is 0.311 e. The number of halogens is 1. The SMILES string of the molecule is COC(=O)C1CC(=O)N(c2cccc(F)c2N)C1. The molecule has 0 aliphatic carbocycles. The first-order chi connectivity index (χ1) is 8.54. The molecule has 6 heteroatoms. The molecule has 96 valence electrons. The van der Waals surface area contributed by atoms with Crippen molar-refractivity contribution in [1.29, 1.82) is 0 Å². The summed E-state index contributed by atoms with van der Waals surface area (Å²) in [5.41, 5.74) is 5.80. The summed E-state index contributed by atoms with van der Waals surface area (Å²) in [5.74, 6) is -1.81. The van der Waals surface area contributed by atoms with Crippen LogP contribution in [-0.2, 0) is 14.3 Å². The highest BCUT2D eigenvalue weighted by atomic mass is 19.1. The van der Waals surface area contributed by atoms with E-state index < -0.39 is 17.7 Å². The third-order valence-corrected chi connectivity index (χ3v) is 2.98. The second kappa shape index (κ2) is 4.64. The summed E-state index contributed by atoms with van der Waals surface area (Å²) in [4.78, 5) is 24.5. The molecule has 1 heterocycles. The molecule has 1 saturated heterocycles. The van der Waals surface area contributed by atoms with E-state index in [1.54, 1.807) is 6.07 Å². The number of nitrogens with zero attached hydrogens (tertiary/aromatic N) is 1. The third-order valence-electron chi connectivity index (χ3n) is 2.98. The Bertz CT molecular complexity index is 504. The van der Waals surface area contributed by atoms with Crippen molar-refractivity contribution >= 4 is 23.3 Å². The van der Waals surface area contributed by atoms with Crippen molar-refractivity contribution in [2.24, 2.45) is 5.92 Å². The summed E-state index contributed by atoms with van der Waals surface area (Å²) in [7, 11) is 1.27. The van der Waals surface area contributed by atoms with Crippen molar-refractivity contribution in [3.8, 4) is 0 Å². The van der Waals surface area contributed by atoms with Gasteiger partial charge in [-0.3, -0.25) is 9.59 Å². The number of esters is 1. The van der Waals surface area contributed by atoms with Crippen molar-refractivity contribution < 1.29 is 18.7 Å². The van der Waals surface area contributed by atoms with E-state index in [4.69, 9.17) is 5.73 Å². The zero-order valence-electron chi connectivity index (χ0n) is 9.85. The first kappa shape index (κ1) is 12.3. The summed E-state index contributed by atoms with van der Waals surface area (Å²) in [6.45, 7) is 0.166. The van der Waals surface area contributed by atoms with Crippen LogP contribution in [0.3, 0.4) is 0 Å². The molecule has 1 amide bonds. The second-order valence-electron chi connectivity index (χ2n) is 4.10. The number of methoxy groups -OCH3 is 1. The molecule has 1 aliphatic heterocycles. The van der Waals surface area contributed by atoms with E-state index in [0.717, 1.165) is 0 Å². The lowest BCUT2D eigenvalue weighted by Gasteiger charge is -2.18. The van der Waals surface area contributed by atoms with Crippen molar-refractivity contribution in [3.05, 3.63) is 24.0 Å². The number of hydrogen-bond donors (Lipinski definition) is 1. The van der Waals surface area contributed by atoms with Crippen LogP contribution < -0.4 is 10.6 Å². The molecule has 1 aliphatic rings. The van der Waals surface area contributed by atoms with E-state index in [1.165, 1.54) is 24.1 Å². The van der Waals surface area contributed by atoms with Crippen molar-refractivity contribution in [2.45, 2.75) is 6.42 Å². The zero-order valence-corrected chi connectivity index (χ0v) is 9.85. The number of benzene rings is 1. The molecule has 18 heavy (non-hydrogen) atoms. The number of para-hydroxylation sites is 1. The molecular weight excluding hydrogens is 239 g/mol. The average Bonchev–Trinajstić information content (AvgIpc) is 2.74. The van der Waals surface area contributed by atoms with Gasteiger partial charge in [-0.1, -0.05) is 6.07 Å². The molecule has 1 atom stereocenters. The fourth-order valence-electron chi connectivity index (χ4n) is 2.03. The van der Waals surface area contributed by atoms with Crippen LogP contribution >= 0.6 is 0 Å². The molecule has 2 N–H and O–H groups in total. The van der Waals surface area contributed by atoms with Gasteiger partial charge in [0.05, 0.1) is 24.4 Å². The maximum atomic E-state index is 13.3. The number of carbonyl (C=O) groups excluding carboxylic acids is 2. The van der Waals surface area contributed by atoms with Crippen LogP contribution in [0.4, 0.5) is 15.8 Å². The lowest BCUT2D eigenvalue weighted by molar-refractivity contribution is -0.145. The number of carbonyl (C=O) groups is 2. The molecule has 0 saturated carbocycles. The Hall–Kier alpha value is -2.11. The Balaban J connectivity index is 2.27. The maximum absolute atomic E-state index is 13.3. The minimum absolute atomic E-state index is 0.0582. The Kier molecular flexibility index (Phi) is 3.18. The van der Waals surface area contributed by atoms with Gasteiger partial charge in [-0.2, -0.15) is 0 Å². The monoisotopic (exact) mass is 252 g/mol. The van der Waals surface area contributed by atoms with Crippen LogP contribution in [0, 0.1) is 11.7 Å². The summed E-state index contributed by atoms with van der Waals surface area (Å²) in [6.07, 6.45) is 0.0582. The molecule has 1 unspecified atom stereocenters. The second-order valence-corrected chi connectivity index (χ2v) is 4.10. The predicted octanol–water partition coefficient (Wildman–Crippen LogP) is 0.934. The van der Waals surface area contributed by atoms with Gasteiger partial charge in [0, 0.05) is 13.0 Å².